The second kappa shape index (κ2) is 7.22. The van der Waals surface area contributed by atoms with Crippen molar-refractivity contribution in [2.75, 3.05) is 6.73 Å². The number of aromatic nitrogens is 1. The molecule has 0 unspecified atom stereocenters. The van der Waals surface area contributed by atoms with Gasteiger partial charge in [0.25, 0.3) is 0 Å². The highest BCUT2D eigenvalue weighted by molar-refractivity contribution is 5.94. The van der Waals surface area contributed by atoms with Gasteiger partial charge < -0.3 is 4.74 Å². The summed E-state index contributed by atoms with van der Waals surface area (Å²) in [5, 5.41) is 4.06. The lowest BCUT2D eigenvalue weighted by atomic mass is 9.93. The van der Waals surface area contributed by atoms with E-state index in [0.29, 0.717) is 11.6 Å². The zero-order valence-electron chi connectivity index (χ0n) is 14.2. The fraction of sp³-hybridized carbons (Fsp3) is 0.238. The number of rotatable bonds is 5. The number of carbonyl (C=O) groups excluding carboxylic acids is 1. The van der Waals surface area contributed by atoms with E-state index in [1.165, 1.54) is 18.6 Å². The number of hydrogen-bond acceptors (Lipinski definition) is 4. The Morgan fingerprint density at radius 2 is 1.92 bits per heavy atom. The molecule has 1 N–H and O–H groups in total. The highest BCUT2D eigenvalue weighted by Gasteiger charge is 2.17. The Morgan fingerprint density at radius 3 is 2.65 bits per heavy atom. The fourth-order valence-electron chi connectivity index (χ4n) is 2.95. The minimum atomic E-state index is -0.346. The number of halogens is 1. The van der Waals surface area contributed by atoms with Crippen molar-refractivity contribution in [2.24, 2.45) is 0 Å². The highest BCUT2D eigenvalue weighted by atomic mass is 19.1. The van der Waals surface area contributed by atoms with E-state index in [9.17, 15) is 9.18 Å². The van der Waals surface area contributed by atoms with Crippen LogP contribution in [0.25, 0.3) is 22.2 Å². The van der Waals surface area contributed by atoms with Crippen molar-refractivity contribution in [1.29, 1.82) is 0 Å². The van der Waals surface area contributed by atoms with Crippen molar-refractivity contribution in [3.8, 4) is 11.3 Å². The van der Waals surface area contributed by atoms with Gasteiger partial charge in [0.15, 0.2) is 0 Å². The van der Waals surface area contributed by atoms with Crippen molar-refractivity contribution in [3.05, 3.63) is 66.0 Å². The Hall–Kier alpha value is -2.79. The van der Waals surface area contributed by atoms with Gasteiger partial charge >= 0.3 is 5.97 Å². The topological polar surface area (TPSA) is 51.2 Å². The first-order valence-electron chi connectivity index (χ1n) is 8.76. The lowest BCUT2D eigenvalue weighted by Gasteiger charge is -2.26. The van der Waals surface area contributed by atoms with Crippen LogP contribution in [0.5, 0.6) is 0 Å². The molecular weight excluding hydrogens is 331 g/mol. The first-order valence-corrected chi connectivity index (χ1v) is 8.76. The van der Waals surface area contributed by atoms with Crippen molar-refractivity contribution in [1.82, 2.24) is 10.3 Å². The third-order valence-corrected chi connectivity index (χ3v) is 4.75. The molecule has 0 atom stereocenters. The van der Waals surface area contributed by atoms with Gasteiger partial charge in [0.2, 0.25) is 0 Å². The summed E-state index contributed by atoms with van der Waals surface area (Å²) in [6.07, 6.45) is 3.54. The summed E-state index contributed by atoms with van der Waals surface area (Å²) in [4.78, 5) is 16.8. The van der Waals surface area contributed by atoms with E-state index in [0.717, 1.165) is 35.0 Å². The number of hydrogen-bond donors (Lipinski definition) is 1. The van der Waals surface area contributed by atoms with Crippen molar-refractivity contribution >= 4 is 16.9 Å². The number of fused-ring (bicyclic) bond motifs is 1. The summed E-state index contributed by atoms with van der Waals surface area (Å²) < 4.78 is 18.3. The van der Waals surface area contributed by atoms with Crippen molar-refractivity contribution in [3.63, 3.8) is 0 Å². The van der Waals surface area contributed by atoms with Gasteiger partial charge in [0.1, 0.15) is 12.5 Å². The number of esters is 1. The average Bonchev–Trinajstić information content (AvgIpc) is 2.63. The SMILES string of the molecule is O=C(OCNC1CCC1)c1ccc2nc(-c3ccc(F)cc3)ccc2c1. The average molecular weight is 350 g/mol. The largest absolute Gasteiger partial charge is 0.446 e. The predicted octanol–water partition coefficient (Wildman–Crippen LogP) is 4.30. The van der Waals surface area contributed by atoms with Crippen LogP contribution in [0.4, 0.5) is 4.39 Å². The molecule has 0 saturated heterocycles. The Morgan fingerprint density at radius 1 is 1.12 bits per heavy atom. The van der Waals surface area contributed by atoms with Crippen molar-refractivity contribution < 1.29 is 13.9 Å². The summed E-state index contributed by atoms with van der Waals surface area (Å²) >= 11 is 0. The third kappa shape index (κ3) is 3.58. The first-order chi connectivity index (χ1) is 12.7. The van der Waals surface area contributed by atoms with Gasteiger partial charge in [-0.3, -0.25) is 5.32 Å². The molecule has 1 aromatic heterocycles. The molecule has 1 fully saturated rings. The Labute approximate surface area is 151 Å². The van der Waals surface area contributed by atoms with Crippen LogP contribution < -0.4 is 5.32 Å². The number of nitrogens with zero attached hydrogens (tertiary/aromatic N) is 1. The lowest BCUT2D eigenvalue weighted by molar-refractivity contribution is 0.0441. The van der Waals surface area contributed by atoms with Crippen LogP contribution in [0.15, 0.2) is 54.6 Å². The Balaban J connectivity index is 1.49. The summed E-state index contributed by atoms with van der Waals surface area (Å²) in [5.41, 5.74) is 2.89. The minimum absolute atomic E-state index is 0.239. The van der Waals surface area contributed by atoms with Gasteiger partial charge in [0.05, 0.1) is 16.8 Å². The molecule has 1 saturated carbocycles. The second-order valence-corrected chi connectivity index (χ2v) is 6.52. The van der Waals surface area contributed by atoms with Gasteiger partial charge in [-0.25, -0.2) is 14.2 Å². The van der Waals surface area contributed by atoms with E-state index < -0.39 is 0 Å². The molecule has 4 rings (SSSR count). The molecule has 132 valence electrons. The molecule has 26 heavy (non-hydrogen) atoms. The maximum absolute atomic E-state index is 13.1. The van der Waals surface area contributed by atoms with E-state index >= 15 is 0 Å². The highest BCUT2D eigenvalue weighted by Crippen LogP contribution is 2.22. The van der Waals surface area contributed by atoms with Gasteiger partial charge in [-0.2, -0.15) is 0 Å². The van der Waals surface area contributed by atoms with Crippen LogP contribution in [0.2, 0.25) is 0 Å². The molecule has 0 spiro atoms. The summed E-state index contributed by atoms with van der Waals surface area (Å²) in [5.74, 6) is -0.620. The van der Waals surface area contributed by atoms with E-state index in [2.05, 4.69) is 10.3 Å². The molecule has 0 bridgehead atoms. The van der Waals surface area contributed by atoms with Crippen LogP contribution in [-0.2, 0) is 4.74 Å². The zero-order chi connectivity index (χ0) is 17.9. The quantitative estimate of drug-likeness (QED) is 0.551. The molecule has 1 heterocycles. The molecule has 0 radical (unpaired) electrons. The minimum Gasteiger partial charge on any atom is -0.446 e. The number of ether oxygens (including phenoxy) is 1. The van der Waals surface area contributed by atoms with E-state index in [-0.39, 0.29) is 18.5 Å². The Bertz CT molecular complexity index is 936. The van der Waals surface area contributed by atoms with Crippen LogP contribution in [-0.4, -0.2) is 23.7 Å². The molecule has 5 heteroatoms. The van der Waals surface area contributed by atoms with Gasteiger partial charge in [-0.1, -0.05) is 12.5 Å². The van der Waals surface area contributed by atoms with Crippen LogP contribution in [0.1, 0.15) is 29.6 Å². The maximum Gasteiger partial charge on any atom is 0.339 e. The molecule has 1 aliphatic carbocycles. The maximum atomic E-state index is 13.1. The molecular formula is C21H19FN2O2. The second-order valence-electron chi connectivity index (χ2n) is 6.52. The summed E-state index contributed by atoms with van der Waals surface area (Å²) in [6.45, 7) is 0.239. The predicted molar refractivity (Wildman–Crippen MR) is 98.2 cm³/mol. The summed E-state index contributed by atoms with van der Waals surface area (Å²) in [6, 6.07) is 15.8. The van der Waals surface area contributed by atoms with E-state index in [4.69, 9.17) is 4.74 Å². The fourth-order valence-corrected chi connectivity index (χ4v) is 2.95. The molecule has 3 aromatic rings. The number of carbonyl (C=O) groups is 1. The standard InChI is InChI=1S/C21H19FN2O2/c22-17-8-4-14(5-9-17)19-10-6-15-12-16(7-11-20(15)24-19)21(25)26-13-23-18-2-1-3-18/h4-12,18,23H,1-3,13H2. The van der Waals surface area contributed by atoms with Gasteiger partial charge in [-0.05, 0) is 61.4 Å². The summed E-state index contributed by atoms with van der Waals surface area (Å²) in [7, 11) is 0. The third-order valence-electron chi connectivity index (χ3n) is 4.75. The van der Waals surface area contributed by atoms with E-state index in [1.54, 1.807) is 30.3 Å². The smallest absolute Gasteiger partial charge is 0.339 e. The molecule has 4 nitrogen and oxygen atoms in total. The molecule has 0 amide bonds. The monoisotopic (exact) mass is 350 g/mol. The zero-order valence-corrected chi connectivity index (χ0v) is 14.2. The van der Waals surface area contributed by atoms with Crippen LogP contribution >= 0.6 is 0 Å². The Kier molecular flexibility index (Phi) is 4.63. The number of nitrogens with one attached hydrogen (secondary N) is 1. The molecule has 2 aromatic carbocycles. The molecule has 1 aliphatic rings. The first kappa shape index (κ1) is 16.7. The van der Waals surface area contributed by atoms with Gasteiger partial charge in [0, 0.05) is 17.0 Å². The van der Waals surface area contributed by atoms with Gasteiger partial charge in [-0.15, -0.1) is 0 Å². The van der Waals surface area contributed by atoms with E-state index in [1.807, 2.05) is 12.1 Å². The lowest BCUT2D eigenvalue weighted by Crippen LogP contribution is -2.37. The van der Waals surface area contributed by atoms with Crippen LogP contribution in [0.3, 0.4) is 0 Å². The van der Waals surface area contributed by atoms with Crippen molar-refractivity contribution in [2.45, 2.75) is 25.3 Å². The number of benzene rings is 2. The van der Waals surface area contributed by atoms with Crippen LogP contribution in [0, 0.1) is 5.82 Å². The molecule has 0 aliphatic heterocycles. The normalized spacial score (nSPS) is 14.2. The number of pyridine rings is 1.